The van der Waals surface area contributed by atoms with Crippen molar-refractivity contribution in [1.82, 2.24) is 19.7 Å². The van der Waals surface area contributed by atoms with Crippen LogP contribution in [0.1, 0.15) is 11.4 Å². The summed E-state index contributed by atoms with van der Waals surface area (Å²) >= 11 is 6.09. The van der Waals surface area contributed by atoms with Gasteiger partial charge in [0.05, 0.1) is 24.6 Å². The fourth-order valence-electron chi connectivity index (χ4n) is 3.11. The maximum atomic E-state index is 13.3. The minimum absolute atomic E-state index is 0.0794. The molecule has 3 heterocycles. The number of halogens is 2. The lowest BCUT2D eigenvalue weighted by atomic mass is 10.2. The Kier molecular flexibility index (Phi) is 4.56. The predicted molar refractivity (Wildman–Crippen MR) is 99.0 cm³/mol. The molecular weight excluding hydrogens is 393 g/mol. The van der Waals surface area contributed by atoms with Crippen LogP contribution in [-0.4, -0.2) is 30.5 Å². The molecule has 1 N–H and O–H groups in total. The van der Waals surface area contributed by atoms with Crippen LogP contribution in [0, 0.1) is 12.7 Å². The van der Waals surface area contributed by atoms with Crippen molar-refractivity contribution < 1.29 is 8.60 Å². The van der Waals surface area contributed by atoms with Gasteiger partial charge in [0.1, 0.15) is 32.5 Å². The first-order valence-corrected chi connectivity index (χ1v) is 9.69. The highest BCUT2D eigenvalue weighted by atomic mass is 35.5. The Balaban J connectivity index is 1.65. The molecule has 0 saturated heterocycles. The van der Waals surface area contributed by atoms with Crippen LogP contribution in [0.15, 0.2) is 45.3 Å². The van der Waals surface area contributed by atoms with Gasteiger partial charge in [-0.2, -0.15) is 5.10 Å². The Morgan fingerprint density at radius 3 is 2.89 bits per heavy atom. The number of hydrogen-bond donors (Lipinski definition) is 1. The number of benzene rings is 1. The minimum Gasteiger partial charge on any atom is -0.360 e. The normalized spacial score (nSPS) is 14.9. The van der Waals surface area contributed by atoms with E-state index in [-0.39, 0.29) is 10.8 Å². The molecule has 10 heteroatoms. The van der Waals surface area contributed by atoms with Crippen molar-refractivity contribution in [3.8, 4) is 0 Å². The van der Waals surface area contributed by atoms with E-state index in [1.807, 2.05) is 9.47 Å². The first-order chi connectivity index (χ1) is 13.0. The zero-order valence-electron chi connectivity index (χ0n) is 14.3. The van der Waals surface area contributed by atoms with Crippen LogP contribution in [0.5, 0.6) is 0 Å². The molecule has 2 aromatic heterocycles. The molecule has 4 rings (SSSR count). The Hall–Kier alpha value is -2.52. The molecule has 3 aromatic rings. The quantitative estimate of drug-likeness (QED) is 0.720. The Morgan fingerprint density at radius 2 is 2.11 bits per heavy atom. The van der Waals surface area contributed by atoms with Gasteiger partial charge >= 0.3 is 0 Å². The van der Waals surface area contributed by atoms with Crippen LogP contribution >= 0.6 is 11.6 Å². The molecule has 1 atom stereocenters. The Labute approximate surface area is 161 Å². The molecule has 0 bridgehead atoms. The summed E-state index contributed by atoms with van der Waals surface area (Å²) in [6.07, 6.45) is 3.08. The minimum atomic E-state index is -1.47. The highest BCUT2D eigenvalue weighted by Gasteiger charge is 2.25. The maximum Gasteiger partial charge on any atom is 0.285 e. The molecule has 7 nitrogen and oxygen atoms in total. The van der Waals surface area contributed by atoms with E-state index in [4.69, 9.17) is 11.6 Å². The van der Waals surface area contributed by atoms with Crippen LogP contribution < -0.4 is 10.5 Å². The van der Waals surface area contributed by atoms with Gasteiger partial charge in [0.2, 0.25) is 0 Å². The second kappa shape index (κ2) is 6.90. The van der Waals surface area contributed by atoms with Crippen LogP contribution in [0.3, 0.4) is 0 Å². The molecule has 1 aromatic carbocycles. The number of aromatic amines is 1. The third kappa shape index (κ3) is 3.17. The summed E-state index contributed by atoms with van der Waals surface area (Å²) in [7, 11) is -1.47. The smallest absolute Gasteiger partial charge is 0.285 e. The molecule has 0 spiro atoms. The summed E-state index contributed by atoms with van der Waals surface area (Å²) in [6, 6.07) is 4.21. The first-order valence-electron chi connectivity index (χ1n) is 8.16. The molecule has 1 unspecified atom stereocenters. The number of H-pyrrole nitrogens is 1. The monoisotopic (exact) mass is 407 g/mol. The Morgan fingerprint density at radius 1 is 1.30 bits per heavy atom. The van der Waals surface area contributed by atoms with Crippen molar-refractivity contribution in [1.29, 1.82) is 0 Å². The second-order valence-corrected chi connectivity index (χ2v) is 7.94. The van der Waals surface area contributed by atoms with E-state index in [1.54, 1.807) is 13.1 Å². The van der Waals surface area contributed by atoms with Gasteiger partial charge in [-0.1, -0.05) is 11.6 Å². The predicted octanol–water partition coefficient (Wildman–Crippen LogP) is 2.25. The topological polar surface area (TPSA) is 83.9 Å². The molecule has 0 aliphatic carbocycles. The van der Waals surface area contributed by atoms with Crippen molar-refractivity contribution in [2.24, 2.45) is 0 Å². The third-order valence-corrected chi connectivity index (χ3v) is 6.40. The Bertz CT molecular complexity index is 1110. The molecule has 0 saturated carbocycles. The van der Waals surface area contributed by atoms with E-state index in [0.29, 0.717) is 46.6 Å². The van der Waals surface area contributed by atoms with Crippen LogP contribution in [-0.2, 0) is 23.9 Å². The summed E-state index contributed by atoms with van der Waals surface area (Å²) in [4.78, 5) is 18.5. The van der Waals surface area contributed by atoms with Gasteiger partial charge in [-0.3, -0.25) is 4.79 Å². The van der Waals surface area contributed by atoms with Gasteiger partial charge in [0.15, 0.2) is 0 Å². The lowest BCUT2D eigenvalue weighted by Gasteiger charge is -2.30. The van der Waals surface area contributed by atoms with Crippen LogP contribution in [0.2, 0.25) is 5.02 Å². The lowest BCUT2D eigenvalue weighted by Crippen LogP contribution is -2.35. The van der Waals surface area contributed by atoms with E-state index in [9.17, 15) is 13.4 Å². The van der Waals surface area contributed by atoms with Crippen LogP contribution in [0.4, 0.5) is 10.1 Å². The highest BCUT2D eigenvalue weighted by Crippen LogP contribution is 2.28. The van der Waals surface area contributed by atoms with E-state index in [2.05, 4.69) is 15.2 Å². The van der Waals surface area contributed by atoms with Crippen molar-refractivity contribution >= 4 is 28.1 Å². The van der Waals surface area contributed by atoms with E-state index < -0.39 is 16.4 Å². The largest absolute Gasteiger partial charge is 0.360 e. The fraction of sp³-hybridized carbons (Fsp3) is 0.235. The molecule has 0 radical (unpaired) electrons. The number of hydrogen-bond acceptors (Lipinski definition) is 5. The SMILES string of the molecule is Cc1cc(F)ccc1S(=O)c1cnc2n1CCN(c1cn[nH]c(=O)c1Cl)C2. The number of rotatable bonds is 3. The number of nitrogens with zero attached hydrogens (tertiary/aromatic N) is 4. The molecular formula is C17H15ClFN5O2S. The van der Waals surface area contributed by atoms with Crippen LogP contribution in [0.25, 0.3) is 0 Å². The van der Waals surface area contributed by atoms with Crippen molar-refractivity contribution in [2.45, 2.75) is 29.9 Å². The standard InChI is InChI=1S/C17H15ClFN5O2S/c1-10-6-11(19)2-3-13(10)27(26)15-8-20-14-9-23(4-5-24(14)15)12-7-21-22-17(25)16(12)18/h2-3,6-8H,4-5,9H2,1H3,(H,22,25). The van der Waals surface area contributed by atoms with E-state index >= 15 is 0 Å². The first kappa shape index (κ1) is 17.9. The zero-order valence-corrected chi connectivity index (χ0v) is 15.9. The second-order valence-electron chi connectivity index (χ2n) is 6.16. The summed E-state index contributed by atoms with van der Waals surface area (Å²) < 4.78 is 28.2. The zero-order chi connectivity index (χ0) is 19.1. The van der Waals surface area contributed by atoms with Gasteiger partial charge in [-0.15, -0.1) is 0 Å². The fourth-order valence-corrected chi connectivity index (χ4v) is 4.64. The van der Waals surface area contributed by atoms with E-state index in [0.717, 1.165) is 0 Å². The molecule has 0 fully saturated rings. The third-order valence-electron chi connectivity index (χ3n) is 4.47. The number of aryl methyl sites for hydroxylation is 1. The summed E-state index contributed by atoms with van der Waals surface area (Å²) in [5, 5.41) is 6.73. The average molecular weight is 408 g/mol. The molecule has 140 valence electrons. The average Bonchev–Trinajstić information content (AvgIpc) is 3.06. The van der Waals surface area contributed by atoms with Crippen molar-refractivity contribution in [3.05, 3.63) is 63.2 Å². The van der Waals surface area contributed by atoms with Gasteiger partial charge in [-0.05, 0) is 30.7 Å². The summed E-state index contributed by atoms with van der Waals surface area (Å²) in [5.74, 6) is 0.350. The summed E-state index contributed by atoms with van der Waals surface area (Å²) in [5.41, 5.74) is 0.714. The molecule has 27 heavy (non-hydrogen) atoms. The number of imidazole rings is 1. The molecule has 1 aliphatic rings. The molecule has 1 aliphatic heterocycles. The number of aromatic nitrogens is 4. The number of anilines is 1. The van der Waals surface area contributed by atoms with Crippen molar-refractivity contribution in [3.63, 3.8) is 0 Å². The summed E-state index contributed by atoms with van der Waals surface area (Å²) in [6.45, 7) is 3.22. The van der Waals surface area contributed by atoms with Gasteiger partial charge in [0, 0.05) is 18.0 Å². The molecule has 0 amide bonds. The van der Waals surface area contributed by atoms with E-state index in [1.165, 1.54) is 24.4 Å². The maximum absolute atomic E-state index is 13.3. The van der Waals surface area contributed by atoms with Crippen molar-refractivity contribution in [2.75, 3.05) is 11.4 Å². The number of nitrogens with one attached hydrogen (secondary N) is 1. The lowest BCUT2D eigenvalue weighted by molar-refractivity contribution is 0.527. The number of fused-ring (bicyclic) bond motifs is 1. The van der Waals surface area contributed by atoms with Gasteiger partial charge < -0.3 is 9.47 Å². The van der Waals surface area contributed by atoms with Gasteiger partial charge in [0.25, 0.3) is 5.56 Å². The van der Waals surface area contributed by atoms with Gasteiger partial charge in [-0.25, -0.2) is 18.7 Å². The highest BCUT2D eigenvalue weighted by molar-refractivity contribution is 7.85.